The third kappa shape index (κ3) is 4.14. The summed E-state index contributed by atoms with van der Waals surface area (Å²) in [5, 5.41) is 13.0. The number of unbranched alkanes of at least 4 members (excludes halogenated alkanes) is 1. The van der Waals surface area contributed by atoms with Crippen molar-refractivity contribution in [3.8, 4) is 5.75 Å². The average molecular weight is 362 g/mol. The number of para-hydroxylation sites is 1. The Labute approximate surface area is 150 Å². The van der Waals surface area contributed by atoms with Crippen LogP contribution < -0.4 is 15.7 Å². The Morgan fingerprint density at radius 2 is 1.96 bits per heavy atom. The molecular weight excluding hydrogens is 340 g/mol. The van der Waals surface area contributed by atoms with E-state index in [0.717, 1.165) is 17.6 Å². The summed E-state index contributed by atoms with van der Waals surface area (Å²) < 4.78 is 5.73. The molecule has 0 spiro atoms. The summed E-state index contributed by atoms with van der Waals surface area (Å²) in [5.41, 5.74) is -0.920. The van der Waals surface area contributed by atoms with E-state index < -0.39 is 35.3 Å². The van der Waals surface area contributed by atoms with Crippen molar-refractivity contribution in [2.45, 2.75) is 26.7 Å². The smallest absolute Gasteiger partial charge is 0.325 e. The highest BCUT2D eigenvalue weighted by molar-refractivity contribution is 6.03. The zero-order valence-electron chi connectivity index (χ0n) is 14.8. The van der Waals surface area contributed by atoms with Crippen molar-refractivity contribution in [1.29, 1.82) is 0 Å². The van der Waals surface area contributed by atoms with Crippen LogP contribution in [0.4, 0.5) is 0 Å². The lowest BCUT2D eigenvalue weighted by Gasteiger charge is -2.15. The van der Waals surface area contributed by atoms with Crippen LogP contribution >= 0.6 is 0 Å². The number of carbonyl (C=O) groups is 2. The van der Waals surface area contributed by atoms with Crippen LogP contribution in [0.5, 0.6) is 5.75 Å². The SMILES string of the molecule is CCCCOn1c(=O)c(C(=O)NCC(=O)OCC)c(O)c2ccccc21. The van der Waals surface area contributed by atoms with Crippen molar-refractivity contribution in [3.63, 3.8) is 0 Å². The normalized spacial score (nSPS) is 10.5. The van der Waals surface area contributed by atoms with Gasteiger partial charge in [0.25, 0.3) is 11.5 Å². The first-order chi connectivity index (χ1) is 12.5. The Kier molecular flexibility index (Phi) is 6.60. The third-order valence-corrected chi connectivity index (χ3v) is 3.66. The van der Waals surface area contributed by atoms with Crippen molar-refractivity contribution in [1.82, 2.24) is 10.0 Å². The number of amides is 1. The molecule has 0 fully saturated rings. The number of nitrogens with zero attached hydrogens (tertiary/aromatic N) is 1. The van der Waals surface area contributed by atoms with E-state index in [2.05, 4.69) is 5.32 Å². The van der Waals surface area contributed by atoms with E-state index in [4.69, 9.17) is 9.57 Å². The molecule has 0 saturated heterocycles. The molecule has 0 saturated carbocycles. The molecule has 1 amide bonds. The van der Waals surface area contributed by atoms with E-state index in [1.807, 2.05) is 6.92 Å². The molecule has 1 heterocycles. The number of hydrogen-bond donors (Lipinski definition) is 2. The summed E-state index contributed by atoms with van der Waals surface area (Å²) in [4.78, 5) is 42.0. The molecule has 0 atom stereocenters. The van der Waals surface area contributed by atoms with Crippen molar-refractivity contribution in [2.24, 2.45) is 0 Å². The molecule has 2 rings (SSSR count). The topological polar surface area (TPSA) is 107 Å². The minimum absolute atomic E-state index is 0.175. The third-order valence-electron chi connectivity index (χ3n) is 3.66. The molecule has 26 heavy (non-hydrogen) atoms. The molecule has 1 aromatic heterocycles. The van der Waals surface area contributed by atoms with E-state index in [-0.39, 0.29) is 13.2 Å². The van der Waals surface area contributed by atoms with Crippen LogP contribution in [0.2, 0.25) is 0 Å². The number of benzene rings is 1. The first-order valence-electron chi connectivity index (χ1n) is 8.45. The number of pyridine rings is 1. The molecule has 8 nitrogen and oxygen atoms in total. The summed E-state index contributed by atoms with van der Waals surface area (Å²) in [6.45, 7) is 3.68. The Bertz CT molecular complexity index is 859. The number of fused-ring (bicyclic) bond motifs is 1. The first-order valence-corrected chi connectivity index (χ1v) is 8.45. The van der Waals surface area contributed by atoms with Gasteiger partial charge in [-0.3, -0.25) is 14.4 Å². The fourth-order valence-corrected chi connectivity index (χ4v) is 2.38. The average Bonchev–Trinajstić information content (AvgIpc) is 2.63. The van der Waals surface area contributed by atoms with Gasteiger partial charge in [0.2, 0.25) is 0 Å². The zero-order valence-corrected chi connectivity index (χ0v) is 14.8. The molecule has 140 valence electrons. The number of nitrogens with one attached hydrogen (secondary N) is 1. The van der Waals surface area contributed by atoms with E-state index in [0.29, 0.717) is 10.9 Å². The highest BCUT2D eigenvalue weighted by Crippen LogP contribution is 2.25. The molecule has 0 radical (unpaired) electrons. The van der Waals surface area contributed by atoms with Gasteiger partial charge in [-0.05, 0) is 25.5 Å². The summed E-state index contributed by atoms with van der Waals surface area (Å²) in [6, 6.07) is 6.55. The number of hydrogen-bond acceptors (Lipinski definition) is 6. The Morgan fingerprint density at radius 1 is 1.23 bits per heavy atom. The molecule has 2 N–H and O–H groups in total. The molecule has 8 heteroatoms. The molecule has 2 aromatic rings. The van der Waals surface area contributed by atoms with Crippen molar-refractivity contribution < 1.29 is 24.3 Å². The van der Waals surface area contributed by atoms with Crippen LogP contribution in [-0.4, -0.2) is 41.5 Å². The monoisotopic (exact) mass is 362 g/mol. The van der Waals surface area contributed by atoms with Crippen LogP contribution in [-0.2, 0) is 9.53 Å². The van der Waals surface area contributed by atoms with Crippen LogP contribution in [0.3, 0.4) is 0 Å². The Balaban J connectivity index is 2.43. The standard InChI is InChI=1S/C18H22N2O6/c1-3-5-10-26-20-13-9-7-6-8-12(13)16(22)15(18(20)24)17(23)19-11-14(21)25-4-2/h6-9,22H,3-5,10-11H2,1-2H3,(H,19,23). The number of esters is 1. The fourth-order valence-electron chi connectivity index (χ4n) is 2.38. The molecule has 0 aliphatic rings. The summed E-state index contributed by atoms with van der Waals surface area (Å²) in [5.74, 6) is -1.97. The minimum Gasteiger partial charge on any atom is -0.506 e. The maximum atomic E-state index is 12.7. The fraction of sp³-hybridized carbons (Fsp3) is 0.389. The summed E-state index contributed by atoms with van der Waals surface area (Å²) >= 11 is 0. The minimum atomic E-state index is -0.876. The van der Waals surface area contributed by atoms with E-state index in [1.54, 1.807) is 31.2 Å². The number of rotatable bonds is 8. The van der Waals surface area contributed by atoms with Gasteiger partial charge in [-0.25, -0.2) is 0 Å². The molecule has 0 aliphatic carbocycles. The van der Waals surface area contributed by atoms with E-state index >= 15 is 0 Å². The first kappa shape index (κ1) is 19.3. The van der Waals surface area contributed by atoms with Gasteiger partial charge in [-0.15, -0.1) is 4.73 Å². The predicted octanol–water partition coefficient (Wildman–Crippen LogP) is 1.23. The lowest BCUT2D eigenvalue weighted by molar-refractivity contribution is -0.141. The highest BCUT2D eigenvalue weighted by atomic mass is 16.7. The van der Waals surface area contributed by atoms with Crippen molar-refractivity contribution in [3.05, 3.63) is 40.2 Å². The van der Waals surface area contributed by atoms with Gasteiger partial charge in [0.15, 0.2) is 5.56 Å². The van der Waals surface area contributed by atoms with E-state index in [1.165, 1.54) is 0 Å². The van der Waals surface area contributed by atoms with Gasteiger partial charge in [0.05, 0.1) is 12.1 Å². The second-order valence-corrected chi connectivity index (χ2v) is 5.51. The van der Waals surface area contributed by atoms with E-state index in [9.17, 15) is 19.5 Å². The summed E-state index contributed by atoms with van der Waals surface area (Å²) in [6.07, 6.45) is 1.60. The van der Waals surface area contributed by atoms with Crippen LogP contribution in [0.15, 0.2) is 29.1 Å². The molecule has 1 aromatic carbocycles. The van der Waals surface area contributed by atoms with Crippen LogP contribution in [0.1, 0.15) is 37.0 Å². The molecule has 0 aliphatic heterocycles. The van der Waals surface area contributed by atoms with Gasteiger partial charge in [0, 0.05) is 5.39 Å². The Hall–Kier alpha value is -3.03. The number of ether oxygens (including phenoxy) is 1. The second-order valence-electron chi connectivity index (χ2n) is 5.51. The number of aromatic hydroxyl groups is 1. The van der Waals surface area contributed by atoms with Crippen molar-refractivity contribution >= 4 is 22.8 Å². The largest absolute Gasteiger partial charge is 0.506 e. The quantitative estimate of drug-likeness (QED) is 0.540. The second kappa shape index (κ2) is 8.89. The summed E-state index contributed by atoms with van der Waals surface area (Å²) in [7, 11) is 0. The zero-order chi connectivity index (χ0) is 19.1. The Morgan fingerprint density at radius 3 is 2.65 bits per heavy atom. The lowest BCUT2D eigenvalue weighted by Crippen LogP contribution is -2.38. The van der Waals surface area contributed by atoms with Gasteiger partial charge < -0.3 is 20.0 Å². The predicted molar refractivity (Wildman–Crippen MR) is 95.2 cm³/mol. The number of aromatic nitrogens is 1. The lowest BCUT2D eigenvalue weighted by atomic mass is 10.1. The van der Waals surface area contributed by atoms with Gasteiger partial charge in [0.1, 0.15) is 18.9 Å². The molecule has 0 bridgehead atoms. The maximum Gasteiger partial charge on any atom is 0.325 e. The number of carbonyl (C=O) groups excluding carboxylic acids is 2. The molecular formula is C18H22N2O6. The van der Waals surface area contributed by atoms with Crippen LogP contribution in [0, 0.1) is 0 Å². The van der Waals surface area contributed by atoms with Gasteiger partial charge in [-0.1, -0.05) is 25.5 Å². The van der Waals surface area contributed by atoms with Crippen LogP contribution in [0.25, 0.3) is 10.9 Å². The highest BCUT2D eigenvalue weighted by Gasteiger charge is 2.23. The van der Waals surface area contributed by atoms with Crippen molar-refractivity contribution in [2.75, 3.05) is 19.8 Å². The van der Waals surface area contributed by atoms with Gasteiger partial charge >= 0.3 is 5.97 Å². The molecule has 0 unspecified atom stereocenters. The van der Waals surface area contributed by atoms with Gasteiger partial charge in [-0.2, -0.15) is 0 Å². The maximum absolute atomic E-state index is 12.7.